The van der Waals surface area contributed by atoms with Crippen LogP contribution in [0.3, 0.4) is 0 Å². The predicted molar refractivity (Wildman–Crippen MR) is 88.4 cm³/mol. The molecule has 2 unspecified atom stereocenters. The number of likely N-dealkylation sites (N-methyl/N-ethyl adjacent to an activating group) is 1. The Balaban J connectivity index is 2.23. The molecule has 0 aromatic carbocycles. The highest BCUT2D eigenvalue weighted by Crippen LogP contribution is 2.32. The van der Waals surface area contributed by atoms with E-state index >= 15 is 0 Å². The van der Waals surface area contributed by atoms with Gasteiger partial charge in [0.1, 0.15) is 0 Å². The van der Waals surface area contributed by atoms with Crippen molar-refractivity contribution in [1.82, 2.24) is 9.88 Å². The highest BCUT2D eigenvalue weighted by atomic mass is 32.1. The third-order valence-corrected chi connectivity index (χ3v) is 5.77. The zero-order valence-electron chi connectivity index (χ0n) is 12.6. The van der Waals surface area contributed by atoms with E-state index in [0.29, 0.717) is 0 Å². The molecule has 0 spiro atoms. The Labute approximate surface area is 129 Å². The van der Waals surface area contributed by atoms with Crippen molar-refractivity contribution in [3.05, 3.63) is 38.0 Å². The van der Waals surface area contributed by atoms with E-state index < -0.39 is 0 Å². The molecule has 2 atom stereocenters. The molecule has 5 heteroatoms. The zero-order valence-corrected chi connectivity index (χ0v) is 14.2. The zero-order chi connectivity index (χ0) is 14.7. The summed E-state index contributed by atoms with van der Waals surface area (Å²) in [6.07, 6.45) is 0.980. The molecule has 110 valence electrons. The SMILES string of the molecule is CCC(N)C(c1sccc1C)N(C)Cc1scnc1C. The maximum absolute atomic E-state index is 6.40. The summed E-state index contributed by atoms with van der Waals surface area (Å²) in [4.78, 5) is 9.43. The second-order valence-electron chi connectivity index (χ2n) is 5.26. The molecule has 0 saturated carbocycles. The number of nitrogens with two attached hydrogens (primary N) is 1. The highest BCUT2D eigenvalue weighted by molar-refractivity contribution is 7.10. The molecule has 0 aliphatic rings. The number of hydrogen-bond acceptors (Lipinski definition) is 5. The lowest BCUT2D eigenvalue weighted by Crippen LogP contribution is -2.38. The summed E-state index contributed by atoms with van der Waals surface area (Å²) in [7, 11) is 2.17. The Kier molecular flexibility index (Phi) is 5.32. The standard InChI is InChI=1S/C15H23N3S2/c1-5-12(16)14(15-10(2)6-7-19-15)18(4)8-13-11(3)17-9-20-13/h6-7,9,12,14H,5,8,16H2,1-4H3. The van der Waals surface area contributed by atoms with Crippen molar-refractivity contribution in [1.29, 1.82) is 0 Å². The first kappa shape index (κ1) is 15.6. The van der Waals surface area contributed by atoms with Gasteiger partial charge >= 0.3 is 0 Å². The first-order valence-electron chi connectivity index (χ1n) is 6.93. The highest BCUT2D eigenvalue weighted by Gasteiger charge is 2.26. The molecule has 20 heavy (non-hydrogen) atoms. The number of nitrogens with zero attached hydrogens (tertiary/aromatic N) is 2. The first-order valence-corrected chi connectivity index (χ1v) is 8.69. The number of aromatic nitrogens is 1. The van der Waals surface area contributed by atoms with Crippen molar-refractivity contribution < 1.29 is 0 Å². The lowest BCUT2D eigenvalue weighted by atomic mass is 10.0. The average Bonchev–Trinajstić information content (AvgIpc) is 3.00. The van der Waals surface area contributed by atoms with Gasteiger partial charge in [-0.2, -0.15) is 0 Å². The van der Waals surface area contributed by atoms with Crippen LogP contribution in [0.25, 0.3) is 0 Å². The van der Waals surface area contributed by atoms with Crippen LogP contribution in [0.2, 0.25) is 0 Å². The van der Waals surface area contributed by atoms with Gasteiger partial charge in [0.15, 0.2) is 0 Å². The Morgan fingerprint density at radius 2 is 2.10 bits per heavy atom. The van der Waals surface area contributed by atoms with Crippen molar-refractivity contribution in [3.8, 4) is 0 Å². The molecule has 2 aromatic rings. The van der Waals surface area contributed by atoms with E-state index in [1.54, 1.807) is 11.3 Å². The Morgan fingerprint density at radius 1 is 1.35 bits per heavy atom. The van der Waals surface area contributed by atoms with Crippen molar-refractivity contribution >= 4 is 22.7 Å². The van der Waals surface area contributed by atoms with E-state index in [9.17, 15) is 0 Å². The minimum atomic E-state index is 0.158. The van der Waals surface area contributed by atoms with Gasteiger partial charge in [-0.1, -0.05) is 6.92 Å². The maximum atomic E-state index is 6.40. The molecule has 2 aromatic heterocycles. The van der Waals surface area contributed by atoms with Gasteiger partial charge in [-0.05, 0) is 44.3 Å². The van der Waals surface area contributed by atoms with Crippen LogP contribution in [-0.2, 0) is 6.54 Å². The van der Waals surface area contributed by atoms with Crippen molar-refractivity contribution in [3.63, 3.8) is 0 Å². The van der Waals surface area contributed by atoms with Crippen molar-refractivity contribution in [2.45, 2.75) is 45.8 Å². The van der Waals surface area contributed by atoms with Crippen LogP contribution in [-0.4, -0.2) is 23.0 Å². The van der Waals surface area contributed by atoms with Gasteiger partial charge in [0.2, 0.25) is 0 Å². The molecule has 2 N–H and O–H groups in total. The van der Waals surface area contributed by atoms with Gasteiger partial charge in [0.05, 0.1) is 17.2 Å². The fourth-order valence-corrected chi connectivity index (χ4v) is 4.44. The van der Waals surface area contributed by atoms with Gasteiger partial charge in [0, 0.05) is 22.3 Å². The molecule has 3 nitrogen and oxygen atoms in total. The normalized spacial score (nSPS) is 14.7. The summed E-state index contributed by atoms with van der Waals surface area (Å²) >= 11 is 3.54. The monoisotopic (exact) mass is 309 g/mol. The van der Waals surface area contributed by atoms with E-state index in [-0.39, 0.29) is 12.1 Å². The fraction of sp³-hybridized carbons (Fsp3) is 0.533. The summed E-state index contributed by atoms with van der Waals surface area (Å²) in [5.41, 5.74) is 10.8. The Hall–Kier alpha value is -0.750. The minimum absolute atomic E-state index is 0.158. The van der Waals surface area contributed by atoms with Crippen LogP contribution >= 0.6 is 22.7 Å². The lowest BCUT2D eigenvalue weighted by Gasteiger charge is -2.32. The molecule has 0 bridgehead atoms. The quantitative estimate of drug-likeness (QED) is 0.884. The van der Waals surface area contributed by atoms with E-state index in [1.165, 1.54) is 15.3 Å². The van der Waals surface area contributed by atoms with E-state index in [4.69, 9.17) is 5.73 Å². The second-order valence-corrected chi connectivity index (χ2v) is 7.15. The largest absolute Gasteiger partial charge is 0.326 e. The van der Waals surface area contributed by atoms with E-state index in [2.05, 4.69) is 49.1 Å². The minimum Gasteiger partial charge on any atom is -0.326 e. The number of aryl methyl sites for hydroxylation is 2. The Bertz CT molecular complexity index is 547. The number of rotatable bonds is 6. The van der Waals surface area contributed by atoms with Crippen LogP contribution in [0.4, 0.5) is 0 Å². The number of hydrogen-bond donors (Lipinski definition) is 1. The molecule has 0 saturated heterocycles. The topological polar surface area (TPSA) is 42.1 Å². The summed E-state index contributed by atoms with van der Waals surface area (Å²) in [6, 6.07) is 2.62. The van der Waals surface area contributed by atoms with Crippen LogP contribution in [0.1, 0.15) is 40.4 Å². The van der Waals surface area contributed by atoms with Crippen LogP contribution < -0.4 is 5.73 Å². The van der Waals surface area contributed by atoms with Gasteiger partial charge in [-0.25, -0.2) is 4.98 Å². The molecular formula is C15H23N3S2. The third kappa shape index (κ3) is 3.28. The Morgan fingerprint density at radius 3 is 2.60 bits per heavy atom. The molecule has 2 rings (SSSR count). The predicted octanol–water partition coefficient (Wildman–Crippen LogP) is 3.73. The summed E-state index contributed by atoms with van der Waals surface area (Å²) in [5.74, 6) is 0. The molecule has 0 aliphatic carbocycles. The molecule has 0 amide bonds. The molecule has 0 fully saturated rings. The summed E-state index contributed by atoms with van der Waals surface area (Å²) in [5, 5.41) is 2.16. The van der Waals surface area contributed by atoms with Gasteiger partial charge in [-0.3, -0.25) is 4.90 Å². The molecule has 0 radical (unpaired) electrons. The van der Waals surface area contributed by atoms with Gasteiger partial charge < -0.3 is 5.73 Å². The lowest BCUT2D eigenvalue weighted by molar-refractivity contribution is 0.205. The van der Waals surface area contributed by atoms with Crippen LogP contribution in [0.15, 0.2) is 17.0 Å². The molecule has 0 aliphatic heterocycles. The molecular weight excluding hydrogens is 286 g/mol. The first-order chi connectivity index (χ1) is 9.54. The maximum Gasteiger partial charge on any atom is 0.0798 e. The molecule has 2 heterocycles. The van der Waals surface area contributed by atoms with E-state index in [1.807, 2.05) is 16.8 Å². The number of thiophene rings is 1. The van der Waals surface area contributed by atoms with Crippen LogP contribution in [0, 0.1) is 13.8 Å². The smallest absolute Gasteiger partial charge is 0.0798 e. The summed E-state index contributed by atoms with van der Waals surface area (Å²) < 4.78 is 0. The number of thiazole rings is 1. The second kappa shape index (κ2) is 6.80. The van der Waals surface area contributed by atoms with E-state index in [0.717, 1.165) is 18.7 Å². The van der Waals surface area contributed by atoms with Crippen molar-refractivity contribution in [2.75, 3.05) is 7.05 Å². The van der Waals surface area contributed by atoms with Gasteiger partial charge in [0.25, 0.3) is 0 Å². The van der Waals surface area contributed by atoms with Crippen molar-refractivity contribution in [2.24, 2.45) is 5.73 Å². The van der Waals surface area contributed by atoms with Crippen LogP contribution in [0.5, 0.6) is 0 Å². The fourth-order valence-electron chi connectivity index (χ4n) is 2.44. The third-order valence-electron chi connectivity index (χ3n) is 3.76. The average molecular weight is 310 g/mol. The summed E-state index contributed by atoms with van der Waals surface area (Å²) in [6.45, 7) is 7.32. The van der Waals surface area contributed by atoms with Gasteiger partial charge in [-0.15, -0.1) is 22.7 Å².